The summed E-state index contributed by atoms with van der Waals surface area (Å²) in [5, 5.41) is 5.18. The van der Waals surface area contributed by atoms with Gasteiger partial charge in [-0.25, -0.2) is 4.79 Å². The van der Waals surface area contributed by atoms with Gasteiger partial charge in [0.25, 0.3) is 11.8 Å². The van der Waals surface area contributed by atoms with Crippen molar-refractivity contribution in [1.29, 1.82) is 0 Å². The normalized spacial score (nSPS) is 15.3. The molecule has 2 N–H and O–H groups in total. The Morgan fingerprint density at radius 3 is 1.83 bits per heavy atom. The largest absolute Gasteiger partial charge is 0.467 e. The van der Waals surface area contributed by atoms with E-state index in [0.29, 0.717) is 0 Å². The zero-order chi connectivity index (χ0) is 25.4. The van der Waals surface area contributed by atoms with Crippen LogP contribution in [0.5, 0.6) is 0 Å². The molecule has 3 rings (SSSR count). The van der Waals surface area contributed by atoms with Crippen molar-refractivity contribution in [3.8, 4) is 0 Å². The van der Waals surface area contributed by atoms with E-state index in [2.05, 4.69) is 10.6 Å². The lowest BCUT2D eigenvalue weighted by Crippen LogP contribution is -2.56. The number of rotatable bonds is 10. The number of esters is 1. The lowest BCUT2D eigenvalue weighted by Gasteiger charge is -2.27. The van der Waals surface area contributed by atoms with Gasteiger partial charge in [0.1, 0.15) is 18.1 Å². The van der Waals surface area contributed by atoms with Crippen LogP contribution in [0.15, 0.2) is 72.8 Å². The highest BCUT2D eigenvalue weighted by Crippen LogP contribution is 2.15. The Labute approximate surface area is 203 Å². The highest BCUT2D eigenvalue weighted by atomic mass is 16.5. The molecule has 1 heterocycles. The molecule has 9 nitrogen and oxygen atoms in total. The molecule has 0 saturated heterocycles. The maximum atomic E-state index is 13.2. The summed E-state index contributed by atoms with van der Waals surface area (Å²) in [7, 11) is 1.23. The van der Waals surface area contributed by atoms with Gasteiger partial charge in [-0.2, -0.15) is 0 Å². The molecule has 0 aliphatic carbocycles. The van der Waals surface area contributed by atoms with Gasteiger partial charge < -0.3 is 15.4 Å². The first-order valence-corrected chi connectivity index (χ1v) is 11.1. The SMILES string of the molecule is COC(=O)[C@H](Cc1ccccc1)NC(=O)[C@H](C)NC(=O)[C@H](Cc1ccccc1)N1C(=O)C=CC1=O. The number of ether oxygens (including phenoxy) is 1. The third kappa shape index (κ3) is 6.63. The number of carbonyl (C=O) groups is 5. The van der Waals surface area contributed by atoms with Crippen molar-refractivity contribution in [3.05, 3.63) is 83.9 Å². The van der Waals surface area contributed by atoms with Gasteiger partial charge in [-0.15, -0.1) is 0 Å². The number of benzene rings is 2. The van der Waals surface area contributed by atoms with Crippen LogP contribution in [0.25, 0.3) is 0 Å². The number of hydrogen-bond acceptors (Lipinski definition) is 6. The molecule has 182 valence electrons. The van der Waals surface area contributed by atoms with Gasteiger partial charge in [-0.3, -0.25) is 24.1 Å². The number of imide groups is 1. The summed E-state index contributed by atoms with van der Waals surface area (Å²) < 4.78 is 4.81. The zero-order valence-electron chi connectivity index (χ0n) is 19.5. The maximum absolute atomic E-state index is 13.2. The Balaban J connectivity index is 1.71. The van der Waals surface area contributed by atoms with Crippen LogP contribution in [0, 0.1) is 0 Å². The average molecular weight is 478 g/mol. The number of nitrogens with one attached hydrogen (secondary N) is 2. The molecule has 1 aliphatic heterocycles. The van der Waals surface area contributed by atoms with Crippen LogP contribution in [0.1, 0.15) is 18.1 Å². The molecule has 35 heavy (non-hydrogen) atoms. The van der Waals surface area contributed by atoms with Gasteiger partial charge in [0.2, 0.25) is 11.8 Å². The fourth-order valence-corrected chi connectivity index (χ4v) is 3.71. The standard InChI is InChI=1S/C26H27N3O6/c1-17(24(32)28-20(26(34)35-2)15-18-9-5-3-6-10-18)27-25(33)21(16-19-11-7-4-8-12-19)29-22(30)13-14-23(29)31/h3-14,17,20-21H,15-16H2,1-2H3,(H,27,33)(H,28,32)/t17-,20-,21-/m0/s1. The van der Waals surface area contributed by atoms with Gasteiger partial charge in [0.15, 0.2) is 0 Å². The third-order valence-electron chi connectivity index (χ3n) is 5.57. The fraction of sp³-hybridized carbons (Fsp3) is 0.269. The van der Waals surface area contributed by atoms with Crippen molar-refractivity contribution in [2.24, 2.45) is 0 Å². The van der Waals surface area contributed by atoms with Crippen LogP contribution in [0.3, 0.4) is 0 Å². The van der Waals surface area contributed by atoms with Gasteiger partial charge in [-0.05, 0) is 18.1 Å². The monoisotopic (exact) mass is 477 g/mol. The predicted molar refractivity (Wildman–Crippen MR) is 127 cm³/mol. The molecule has 4 amide bonds. The van der Waals surface area contributed by atoms with Crippen molar-refractivity contribution in [1.82, 2.24) is 15.5 Å². The molecule has 0 aromatic heterocycles. The summed E-state index contributed by atoms with van der Waals surface area (Å²) >= 11 is 0. The Morgan fingerprint density at radius 1 is 0.800 bits per heavy atom. The Morgan fingerprint density at radius 2 is 1.31 bits per heavy atom. The van der Waals surface area contributed by atoms with Gasteiger partial charge in [0.05, 0.1) is 7.11 Å². The molecule has 0 spiro atoms. The number of nitrogens with zero attached hydrogens (tertiary/aromatic N) is 1. The van der Waals surface area contributed by atoms with Crippen LogP contribution >= 0.6 is 0 Å². The first kappa shape index (κ1) is 25.4. The van der Waals surface area contributed by atoms with Crippen LogP contribution in [-0.4, -0.2) is 59.7 Å². The summed E-state index contributed by atoms with van der Waals surface area (Å²) in [4.78, 5) is 63.7. The summed E-state index contributed by atoms with van der Waals surface area (Å²) in [6, 6.07) is 14.9. The van der Waals surface area contributed by atoms with Crippen molar-refractivity contribution >= 4 is 29.6 Å². The first-order valence-electron chi connectivity index (χ1n) is 11.1. The molecule has 0 bridgehead atoms. The minimum atomic E-state index is -1.15. The lowest BCUT2D eigenvalue weighted by molar-refractivity contribution is -0.147. The van der Waals surface area contributed by atoms with Gasteiger partial charge in [0, 0.05) is 25.0 Å². The Hall–Kier alpha value is -4.27. The molecule has 0 fully saturated rings. The third-order valence-corrected chi connectivity index (χ3v) is 5.57. The summed E-state index contributed by atoms with van der Waals surface area (Å²) in [5.74, 6) is -3.10. The predicted octanol–water partition coefficient (Wildman–Crippen LogP) is 0.928. The smallest absolute Gasteiger partial charge is 0.328 e. The highest BCUT2D eigenvalue weighted by molar-refractivity contribution is 6.15. The van der Waals surface area contributed by atoms with Crippen LogP contribution < -0.4 is 10.6 Å². The highest BCUT2D eigenvalue weighted by Gasteiger charge is 2.37. The molecule has 0 unspecified atom stereocenters. The molecule has 2 aromatic carbocycles. The van der Waals surface area contributed by atoms with Crippen molar-refractivity contribution in [2.75, 3.05) is 7.11 Å². The summed E-state index contributed by atoms with van der Waals surface area (Å²) in [5.41, 5.74) is 1.56. The fourth-order valence-electron chi connectivity index (χ4n) is 3.71. The summed E-state index contributed by atoms with van der Waals surface area (Å²) in [6.45, 7) is 1.45. The van der Waals surface area contributed by atoms with Gasteiger partial charge >= 0.3 is 5.97 Å². The first-order chi connectivity index (χ1) is 16.8. The molecular weight excluding hydrogens is 450 g/mol. The second-order valence-corrected chi connectivity index (χ2v) is 8.09. The van der Waals surface area contributed by atoms with E-state index in [4.69, 9.17) is 4.74 Å². The van der Waals surface area contributed by atoms with E-state index in [1.165, 1.54) is 14.0 Å². The topological polar surface area (TPSA) is 122 Å². The molecule has 0 saturated carbocycles. The van der Waals surface area contributed by atoms with Gasteiger partial charge in [-0.1, -0.05) is 60.7 Å². The van der Waals surface area contributed by atoms with E-state index in [1.54, 1.807) is 24.3 Å². The number of hydrogen-bond donors (Lipinski definition) is 2. The van der Waals surface area contributed by atoms with E-state index < -0.39 is 47.7 Å². The zero-order valence-corrected chi connectivity index (χ0v) is 19.5. The van der Waals surface area contributed by atoms with Crippen LogP contribution in [-0.2, 0) is 41.6 Å². The molecule has 2 aromatic rings. The summed E-state index contributed by atoms with van der Waals surface area (Å²) in [6.07, 6.45) is 2.50. The Kier molecular flexibility index (Phi) is 8.50. The minimum absolute atomic E-state index is 0.0823. The molecule has 9 heteroatoms. The second kappa shape index (κ2) is 11.7. The number of amides is 4. The van der Waals surface area contributed by atoms with E-state index in [1.807, 2.05) is 36.4 Å². The average Bonchev–Trinajstić information content (AvgIpc) is 3.20. The minimum Gasteiger partial charge on any atom is -0.467 e. The van der Waals surface area contributed by atoms with Crippen molar-refractivity contribution in [3.63, 3.8) is 0 Å². The second-order valence-electron chi connectivity index (χ2n) is 8.09. The quantitative estimate of drug-likeness (QED) is 0.388. The molecular formula is C26H27N3O6. The van der Waals surface area contributed by atoms with E-state index in [-0.39, 0.29) is 12.8 Å². The lowest BCUT2D eigenvalue weighted by atomic mass is 10.0. The van der Waals surface area contributed by atoms with Crippen molar-refractivity contribution in [2.45, 2.75) is 37.9 Å². The molecule has 3 atom stereocenters. The molecule has 1 aliphatic rings. The van der Waals surface area contributed by atoms with Crippen LogP contribution in [0.4, 0.5) is 0 Å². The Bertz CT molecular complexity index is 1100. The number of methoxy groups -OCH3 is 1. The van der Waals surface area contributed by atoms with E-state index >= 15 is 0 Å². The van der Waals surface area contributed by atoms with Crippen LogP contribution in [0.2, 0.25) is 0 Å². The number of carbonyl (C=O) groups excluding carboxylic acids is 5. The van der Waals surface area contributed by atoms with Crippen molar-refractivity contribution < 1.29 is 28.7 Å². The maximum Gasteiger partial charge on any atom is 0.328 e. The molecule has 0 radical (unpaired) electrons. The van der Waals surface area contributed by atoms with E-state index in [0.717, 1.165) is 28.2 Å². The van der Waals surface area contributed by atoms with E-state index in [9.17, 15) is 24.0 Å².